The third-order valence-corrected chi connectivity index (χ3v) is 5.96. The summed E-state index contributed by atoms with van der Waals surface area (Å²) in [5.41, 5.74) is 1.14. The van der Waals surface area contributed by atoms with Crippen LogP contribution in [-0.4, -0.2) is 34.1 Å². The lowest BCUT2D eigenvalue weighted by Crippen LogP contribution is -2.25. The average Bonchev–Trinajstić information content (AvgIpc) is 3.44. The number of halogens is 1. The number of carbonyl (C=O) groups is 1. The first-order valence-corrected chi connectivity index (χ1v) is 10.5. The SMILES string of the molecule is COc1ccc(NC(=O)COc2ccc(S(=O)(=O)NC3CC3)cc2C)cc1Cl. The maximum Gasteiger partial charge on any atom is 0.262 e. The number of amides is 1. The van der Waals surface area contributed by atoms with Crippen LogP contribution in [0.3, 0.4) is 0 Å². The monoisotopic (exact) mass is 424 g/mol. The van der Waals surface area contributed by atoms with Gasteiger partial charge in [0, 0.05) is 11.7 Å². The van der Waals surface area contributed by atoms with E-state index in [0.29, 0.717) is 27.8 Å². The Morgan fingerprint density at radius 1 is 1.18 bits per heavy atom. The van der Waals surface area contributed by atoms with Crippen molar-refractivity contribution >= 4 is 33.2 Å². The summed E-state index contributed by atoms with van der Waals surface area (Å²) in [6.07, 6.45) is 1.74. The first kappa shape index (κ1) is 20.4. The lowest BCUT2D eigenvalue weighted by Gasteiger charge is -2.12. The van der Waals surface area contributed by atoms with E-state index in [1.54, 1.807) is 31.2 Å². The minimum absolute atomic E-state index is 0.0383. The van der Waals surface area contributed by atoms with Gasteiger partial charge >= 0.3 is 0 Å². The summed E-state index contributed by atoms with van der Waals surface area (Å²) in [4.78, 5) is 12.3. The van der Waals surface area contributed by atoms with Gasteiger partial charge in [-0.1, -0.05) is 11.6 Å². The molecule has 3 rings (SSSR count). The van der Waals surface area contributed by atoms with Gasteiger partial charge in [0.1, 0.15) is 11.5 Å². The highest BCUT2D eigenvalue weighted by atomic mass is 35.5. The molecule has 0 spiro atoms. The third-order valence-electron chi connectivity index (χ3n) is 4.15. The van der Waals surface area contributed by atoms with Crippen LogP contribution in [0.2, 0.25) is 5.02 Å². The Labute approximate surface area is 169 Å². The Kier molecular flexibility index (Phi) is 6.12. The van der Waals surface area contributed by atoms with E-state index in [4.69, 9.17) is 21.1 Å². The van der Waals surface area contributed by atoms with E-state index in [-0.39, 0.29) is 23.5 Å². The highest BCUT2D eigenvalue weighted by molar-refractivity contribution is 7.89. The quantitative estimate of drug-likeness (QED) is 0.679. The molecule has 0 atom stereocenters. The van der Waals surface area contributed by atoms with Crippen LogP contribution in [0, 0.1) is 6.92 Å². The molecule has 2 aromatic rings. The van der Waals surface area contributed by atoms with Gasteiger partial charge in [-0.2, -0.15) is 0 Å². The molecule has 0 bridgehead atoms. The van der Waals surface area contributed by atoms with E-state index in [1.165, 1.54) is 19.2 Å². The van der Waals surface area contributed by atoms with E-state index in [1.807, 2.05) is 0 Å². The van der Waals surface area contributed by atoms with Crippen LogP contribution < -0.4 is 19.5 Å². The molecular formula is C19H21ClN2O5S. The number of benzene rings is 2. The molecule has 150 valence electrons. The largest absolute Gasteiger partial charge is 0.495 e. The summed E-state index contributed by atoms with van der Waals surface area (Å²) in [7, 11) is -2.02. The number of hydrogen-bond donors (Lipinski definition) is 2. The Balaban J connectivity index is 1.59. The molecule has 7 nitrogen and oxygen atoms in total. The summed E-state index contributed by atoms with van der Waals surface area (Å²) in [5.74, 6) is 0.582. The second kappa shape index (κ2) is 8.38. The summed E-state index contributed by atoms with van der Waals surface area (Å²) in [5, 5.41) is 3.06. The topological polar surface area (TPSA) is 93.7 Å². The van der Waals surface area contributed by atoms with Gasteiger partial charge in [0.2, 0.25) is 10.0 Å². The number of nitrogens with one attached hydrogen (secondary N) is 2. The second-order valence-corrected chi connectivity index (χ2v) is 8.63. The van der Waals surface area contributed by atoms with Crippen LogP contribution in [0.5, 0.6) is 11.5 Å². The van der Waals surface area contributed by atoms with Crippen molar-refractivity contribution in [2.45, 2.75) is 30.7 Å². The van der Waals surface area contributed by atoms with Gasteiger partial charge in [-0.15, -0.1) is 0 Å². The molecule has 0 heterocycles. The molecule has 0 saturated heterocycles. The van der Waals surface area contributed by atoms with Gasteiger partial charge in [0.05, 0.1) is 17.0 Å². The van der Waals surface area contributed by atoms with Crippen LogP contribution in [0.1, 0.15) is 18.4 Å². The summed E-state index contributed by atoms with van der Waals surface area (Å²) >= 11 is 6.03. The predicted octanol–water partition coefficient (Wildman–Crippen LogP) is 3.12. The van der Waals surface area contributed by atoms with Gasteiger partial charge in [-0.05, 0) is 61.7 Å². The van der Waals surface area contributed by atoms with Gasteiger partial charge in [0.15, 0.2) is 6.61 Å². The van der Waals surface area contributed by atoms with Gasteiger partial charge in [-0.25, -0.2) is 13.1 Å². The smallest absolute Gasteiger partial charge is 0.262 e. The fraction of sp³-hybridized carbons (Fsp3) is 0.316. The van der Waals surface area contributed by atoms with Crippen LogP contribution in [0.25, 0.3) is 0 Å². The Morgan fingerprint density at radius 3 is 2.50 bits per heavy atom. The van der Waals surface area contributed by atoms with E-state index < -0.39 is 10.0 Å². The first-order valence-electron chi connectivity index (χ1n) is 8.67. The predicted molar refractivity (Wildman–Crippen MR) is 107 cm³/mol. The highest BCUT2D eigenvalue weighted by Crippen LogP contribution is 2.28. The Hall–Kier alpha value is -2.29. The highest BCUT2D eigenvalue weighted by Gasteiger charge is 2.28. The maximum atomic E-state index is 12.3. The molecule has 0 aromatic heterocycles. The molecule has 1 saturated carbocycles. The molecule has 28 heavy (non-hydrogen) atoms. The van der Waals surface area contributed by atoms with Crippen molar-refractivity contribution in [3.8, 4) is 11.5 Å². The molecule has 2 aromatic carbocycles. The van der Waals surface area contributed by atoms with E-state index in [2.05, 4.69) is 10.0 Å². The van der Waals surface area contributed by atoms with Crippen LogP contribution in [-0.2, 0) is 14.8 Å². The molecule has 0 radical (unpaired) electrons. The van der Waals surface area contributed by atoms with Gasteiger partial charge in [-0.3, -0.25) is 4.79 Å². The van der Waals surface area contributed by atoms with Crippen molar-refractivity contribution < 1.29 is 22.7 Å². The standard InChI is InChI=1S/C19H21ClN2O5S/c1-12-9-15(28(24,25)22-13-3-4-13)6-8-17(12)27-11-19(23)21-14-5-7-18(26-2)16(20)10-14/h5-10,13,22H,3-4,11H2,1-2H3,(H,21,23). The van der Waals surface area contributed by atoms with Crippen molar-refractivity contribution in [1.82, 2.24) is 4.72 Å². The summed E-state index contributed by atoms with van der Waals surface area (Å²) < 4.78 is 37.7. The fourth-order valence-corrected chi connectivity index (χ4v) is 4.17. The number of ether oxygens (including phenoxy) is 2. The zero-order valence-electron chi connectivity index (χ0n) is 15.5. The number of rotatable bonds is 8. The zero-order chi connectivity index (χ0) is 20.3. The Bertz CT molecular complexity index is 990. The third kappa shape index (κ3) is 5.15. The van der Waals surface area contributed by atoms with E-state index in [9.17, 15) is 13.2 Å². The molecule has 1 amide bonds. The number of aryl methyl sites for hydroxylation is 1. The normalized spacial score (nSPS) is 13.8. The van der Waals surface area contributed by atoms with Crippen LogP contribution in [0.15, 0.2) is 41.3 Å². The average molecular weight is 425 g/mol. The van der Waals surface area contributed by atoms with Crippen molar-refractivity contribution in [3.63, 3.8) is 0 Å². The van der Waals surface area contributed by atoms with Crippen molar-refractivity contribution in [2.24, 2.45) is 0 Å². The van der Waals surface area contributed by atoms with Gasteiger partial charge in [0.25, 0.3) is 5.91 Å². The lowest BCUT2D eigenvalue weighted by atomic mass is 10.2. The molecule has 0 aliphatic heterocycles. The number of hydrogen-bond acceptors (Lipinski definition) is 5. The van der Waals surface area contributed by atoms with Crippen LogP contribution in [0.4, 0.5) is 5.69 Å². The molecule has 1 aliphatic rings. The fourth-order valence-electron chi connectivity index (χ4n) is 2.52. The minimum atomic E-state index is -3.53. The molecular weight excluding hydrogens is 404 g/mol. The molecule has 1 fully saturated rings. The van der Waals surface area contributed by atoms with Crippen LogP contribution >= 0.6 is 11.6 Å². The number of carbonyl (C=O) groups excluding carboxylic acids is 1. The second-order valence-electron chi connectivity index (χ2n) is 6.51. The van der Waals surface area contributed by atoms with Crippen molar-refractivity contribution in [1.29, 1.82) is 0 Å². The summed E-state index contributed by atoms with van der Waals surface area (Å²) in [6, 6.07) is 9.48. The Morgan fingerprint density at radius 2 is 1.89 bits per heavy atom. The number of methoxy groups -OCH3 is 1. The van der Waals surface area contributed by atoms with Gasteiger partial charge < -0.3 is 14.8 Å². The molecule has 9 heteroatoms. The van der Waals surface area contributed by atoms with Crippen molar-refractivity contribution in [3.05, 3.63) is 47.0 Å². The lowest BCUT2D eigenvalue weighted by molar-refractivity contribution is -0.118. The zero-order valence-corrected chi connectivity index (χ0v) is 17.1. The number of anilines is 1. The maximum absolute atomic E-state index is 12.3. The first-order chi connectivity index (χ1) is 13.3. The van der Waals surface area contributed by atoms with E-state index >= 15 is 0 Å². The summed E-state index contributed by atoms with van der Waals surface area (Å²) in [6.45, 7) is 1.50. The van der Waals surface area contributed by atoms with E-state index in [0.717, 1.165) is 12.8 Å². The molecule has 0 unspecified atom stereocenters. The molecule has 1 aliphatic carbocycles. The van der Waals surface area contributed by atoms with Crippen molar-refractivity contribution in [2.75, 3.05) is 19.0 Å². The number of sulfonamides is 1. The molecule has 2 N–H and O–H groups in total. The minimum Gasteiger partial charge on any atom is -0.495 e.